The molecule has 0 aliphatic carbocycles. The highest BCUT2D eigenvalue weighted by Gasteiger charge is 2.35. The summed E-state index contributed by atoms with van der Waals surface area (Å²) in [6, 6.07) is 14.9. The lowest BCUT2D eigenvalue weighted by atomic mass is 10.1. The number of ether oxygens (including phenoxy) is 1. The molecule has 4 rings (SSSR count). The maximum absolute atomic E-state index is 12.6. The molecule has 2 amide bonds. The summed E-state index contributed by atoms with van der Waals surface area (Å²) in [6.45, 7) is 0.356. The molecule has 1 unspecified atom stereocenters. The Labute approximate surface area is 166 Å². The van der Waals surface area contributed by atoms with Crippen LogP contribution in [-0.2, 0) is 9.59 Å². The monoisotopic (exact) mass is 393 g/mol. The summed E-state index contributed by atoms with van der Waals surface area (Å²) in [5, 5.41) is 5.78. The summed E-state index contributed by atoms with van der Waals surface area (Å²) < 4.78 is 5.22. The number of benzene rings is 2. The number of anilines is 2. The van der Waals surface area contributed by atoms with Crippen LogP contribution in [0.15, 0.2) is 60.1 Å². The number of rotatable bonds is 5. The molecule has 1 N–H and O–H groups in total. The van der Waals surface area contributed by atoms with Crippen LogP contribution in [0.3, 0.4) is 0 Å². The fourth-order valence-corrected chi connectivity index (χ4v) is 3.86. The molecule has 0 radical (unpaired) electrons. The van der Waals surface area contributed by atoms with Gasteiger partial charge < -0.3 is 15.0 Å². The Kier molecular flexibility index (Phi) is 5.08. The van der Waals surface area contributed by atoms with Gasteiger partial charge in [-0.2, -0.15) is 0 Å². The summed E-state index contributed by atoms with van der Waals surface area (Å²) in [7, 11) is 1.58. The van der Waals surface area contributed by atoms with E-state index in [1.165, 1.54) is 0 Å². The molecular formula is C21H19N3O3S. The minimum atomic E-state index is -0.391. The van der Waals surface area contributed by atoms with Gasteiger partial charge in [0.25, 0.3) is 0 Å². The van der Waals surface area contributed by atoms with Crippen molar-refractivity contribution in [2.45, 2.75) is 6.42 Å². The molecule has 0 bridgehead atoms. The number of carbonyl (C=O) groups excluding carboxylic acids is 2. The fraction of sp³-hybridized carbons (Fsp3) is 0.190. The first-order chi connectivity index (χ1) is 13.6. The Morgan fingerprint density at radius 3 is 2.79 bits per heavy atom. The summed E-state index contributed by atoms with van der Waals surface area (Å²) in [6.07, 6.45) is 1.96. The van der Waals surface area contributed by atoms with Crippen LogP contribution in [0.25, 0.3) is 10.6 Å². The van der Waals surface area contributed by atoms with Gasteiger partial charge in [-0.25, -0.2) is 4.98 Å². The van der Waals surface area contributed by atoms with Gasteiger partial charge in [-0.05, 0) is 36.4 Å². The minimum absolute atomic E-state index is 0.0625. The average Bonchev–Trinajstić information content (AvgIpc) is 3.39. The van der Waals surface area contributed by atoms with E-state index < -0.39 is 5.92 Å². The van der Waals surface area contributed by atoms with Gasteiger partial charge in [-0.1, -0.05) is 6.07 Å². The molecule has 0 saturated carbocycles. The Bertz CT molecular complexity index is 986. The van der Waals surface area contributed by atoms with Crippen LogP contribution in [0, 0.1) is 5.92 Å². The smallest absolute Gasteiger partial charge is 0.229 e. The number of nitrogens with one attached hydrogen (secondary N) is 1. The second-order valence-electron chi connectivity index (χ2n) is 6.51. The number of amides is 2. The van der Waals surface area contributed by atoms with Crippen molar-refractivity contribution in [3.63, 3.8) is 0 Å². The summed E-state index contributed by atoms with van der Waals surface area (Å²) >= 11 is 1.57. The van der Waals surface area contributed by atoms with Gasteiger partial charge in [0.05, 0.1) is 13.0 Å². The van der Waals surface area contributed by atoms with E-state index in [4.69, 9.17) is 4.74 Å². The predicted octanol–water partition coefficient (Wildman–Crippen LogP) is 3.81. The van der Waals surface area contributed by atoms with Crippen LogP contribution >= 0.6 is 11.3 Å². The first-order valence-electron chi connectivity index (χ1n) is 8.89. The van der Waals surface area contributed by atoms with E-state index in [-0.39, 0.29) is 18.2 Å². The Balaban J connectivity index is 1.42. The maximum atomic E-state index is 12.6. The third kappa shape index (κ3) is 3.75. The van der Waals surface area contributed by atoms with Crippen molar-refractivity contribution in [2.24, 2.45) is 5.92 Å². The van der Waals surface area contributed by atoms with E-state index in [1.807, 2.05) is 47.8 Å². The average molecular weight is 393 g/mol. The van der Waals surface area contributed by atoms with Crippen molar-refractivity contribution in [3.05, 3.63) is 60.1 Å². The molecule has 1 aromatic heterocycles. The van der Waals surface area contributed by atoms with E-state index >= 15 is 0 Å². The van der Waals surface area contributed by atoms with E-state index in [0.29, 0.717) is 18.0 Å². The van der Waals surface area contributed by atoms with Crippen LogP contribution in [0.2, 0.25) is 0 Å². The van der Waals surface area contributed by atoms with Crippen molar-refractivity contribution < 1.29 is 14.3 Å². The third-order valence-electron chi connectivity index (χ3n) is 4.69. The number of carbonyl (C=O) groups is 2. The van der Waals surface area contributed by atoms with E-state index in [2.05, 4.69) is 10.3 Å². The molecule has 1 saturated heterocycles. The van der Waals surface area contributed by atoms with Gasteiger partial charge in [0.2, 0.25) is 11.8 Å². The van der Waals surface area contributed by atoms with Gasteiger partial charge >= 0.3 is 0 Å². The summed E-state index contributed by atoms with van der Waals surface area (Å²) in [5.41, 5.74) is 2.46. The molecule has 28 heavy (non-hydrogen) atoms. The topological polar surface area (TPSA) is 71.5 Å². The fourth-order valence-electron chi connectivity index (χ4n) is 3.22. The zero-order valence-corrected chi connectivity index (χ0v) is 16.1. The minimum Gasteiger partial charge on any atom is -0.497 e. The summed E-state index contributed by atoms with van der Waals surface area (Å²) in [4.78, 5) is 31.0. The zero-order valence-electron chi connectivity index (χ0n) is 15.3. The van der Waals surface area contributed by atoms with Crippen LogP contribution in [0.4, 0.5) is 11.4 Å². The van der Waals surface area contributed by atoms with Gasteiger partial charge in [0.1, 0.15) is 10.8 Å². The van der Waals surface area contributed by atoms with Crippen molar-refractivity contribution in [2.75, 3.05) is 23.9 Å². The number of aromatic nitrogens is 1. The number of methoxy groups -OCH3 is 1. The first kappa shape index (κ1) is 18.2. The SMILES string of the molecule is COc1cccc(N2CC(C(=O)Nc3ccc(-c4nccs4)cc3)CC2=O)c1. The van der Waals surface area contributed by atoms with E-state index in [9.17, 15) is 9.59 Å². The zero-order chi connectivity index (χ0) is 19.5. The molecule has 1 aliphatic rings. The Morgan fingerprint density at radius 1 is 1.25 bits per heavy atom. The lowest BCUT2D eigenvalue weighted by Crippen LogP contribution is -2.28. The molecule has 2 heterocycles. The molecule has 1 atom stereocenters. The Hall–Kier alpha value is -3.19. The lowest BCUT2D eigenvalue weighted by Gasteiger charge is -2.17. The summed E-state index contributed by atoms with van der Waals surface area (Å²) in [5.74, 6) is 0.0733. The third-order valence-corrected chi connectivity index (χ3v) is 5.51. The van der Waals surface area contributed by atoms with E-state index in [1.54, 1.807) is 35.6 Å². The molecule has 6 nitrogen and oxygen atoms in total. The van der Waals surface area contributed by atoms with Gasteiger partial charge in [-0.15, -0.1) is 11.3 Å². The molecule has 142 valence electrons. The van der Waals surface area contributed by atoms with Gasteiger partial charge in [0, 0.05) is 47.5 Å². The van der Waals surface area contributed by atoms with Crippen molar-refractivity contribution >= 4 is 34.5 Å². The standard InChI is InChI=1S/C21H19N3O3S/c1-27-18-4-2-3-17(12-18)24-13-15(11-19(24)25)20(26)23-16-7-5-14(6-8-16)21-22-9-10-28-21/h2-10,12,15H,11,13H2,1H3,(H,23,26). The van der Waals surface area contributed by atoms with E-state index in [0.717, 1.165) is 16.3 Å². The number of thiazole rings is 1. The number of nitrogens with zero attached hydrogens (tertiary/aromatic N) is 2. The number of hydrogen-bond acceptors (Lipinski definition) is 5. The predicted molar refractivity (Wildman–Crippen MR) is 110 cm³/mol. The van der Waals surface area contributed by atoms with Crippen molar-refractivity contribution in [1.82, 2.24) is 4.98 Å². The second kappa shape index (κ2) is 7.82. The van der Waals surface area contributed by atoms with Gasteiger partial charge in [0.15, 0.2) is 0 Å². The van der Waals surface area contributed by atoms with Crippen LogP contribution < -0.4 is 15.0 Å². The Morgan fingerprint density at radius 2 is 2.07 bits per heavy atom. The highest BCUT2D eigenvalue weighted by Crippen LogP contribution is 2.29. The number of hydrogen-bond donors (Lipinski definition) is 1. The molecule has 3 aromatic rings. The highest BCUT2D eigenvalue weighted by atomic mass is 32.1. The largest absolute Gasteiger partial charge is 0.497 e. The van der Waals surface area contributed by atoms with Crippen LogP contribution in [-0.4, -0.2) is 30.5 Å². The molecule has 2 aromatic carbocycles. The van der Waals surface area contributed by atoms with Crippen LogP contribution in [0.5, 0.6) is 5.75 Å². The molecule has 1 fully saturated rings. The highest BCUT2D eigenvalue weighted by molar-refractivity contribution is 7.13. The van der Waals surface area contributed by atoms with Crippen LogP contribution in [0.1, 0.15) is 6.42 Å². The maximum Gasteiger partial charge on any atom is 0.229 e. The first-order valence-corrected chi connectivity index (χ1v) is 9.77. The molecular weight excluding hydrogens is 374 g/mol. The lowest BCUT2D eigenvalue weighted by molar-refractivity contribution is -0.122. The van der Waals surface area contributed by atoms with Crippen molar-refractivity contribution in [3.8, 4) is 16.3 Å². The van der Waals surface area contributed by atoms with Gasteiger partial charge in [-0.3, -0.25) is 9.59 Å². The molecule has 0 spiro atoms. The second-order valence-corrected chi connectivity index (χ2v) is 7.41. The normalized spacial score (nSPS) is 16.2. The molecule has 1 aliphatic heterocycles. The molecule has 7 heteroatoms. The van der Waals surface area contributed by atoms with Crippen molar-refractivity contribution in [1.29, 1.82) is 0 Å². The quantitative estimate of drug-likeness (QED) is 0.716.